The Morgan fingerprint density at radius 1 is 0.944 bits per heavy atom. The Kier molecular flexibility index (Phi) is 4.26. The van der Waals surface area contributed by atoms with Crippen LogP contribution in [-0.2, 0) is 6.42 Å². The fraction of sp³-hybridized carbons (Fsp3) is 0.143. The Morgan fingerprint density at radius 2 is 1.61 bits per heavy atom. The number of aryl methyl sites for hydroxylation is 1. The van der Waals surface area contributed by atoms with Gasteiger partial charge in [0.1, 0.15) is 11.5 Å². The van der Waals surface area contributed by atoms with E-state index in [4.69, 9.17) is 9.31 Å². The van der Waals surface area contributed by atoms with Gasteiger partial charge in [-0.1, -0.05) is 37.3 Å². The zero-order valence-corrected chi connectivity index (χ0v) is 10.2. The molecule has 3 nitrogen and oxygen atoms in total. The molecule has 0 aliphatic rings. The van der Waals surface area contributed by atoms with Gasteiger partial charge >= 0.3 is 7.32 Å². The predicted octanol–water partition coefficient (Wildman–Crippen LogP) is 2.68. The van der Waals surface area contributed by atoms with Crippen LogP contribution >= 0.6 is 0 Å². The third-order valence-corrected chi connectivity index (χ3v) is 2.52. The summed E-state index contributed by atoms with van der Waals surface area (Å²) in [5, 5.41) is 9.68. The van der Waals surface area contributed by atoms with Crippen molar-refractivity contribution in [1.82, 2.24) is 0 Å². The molecule has 0 saturated carbocycles. The molecule has 2 rings (SSSR count). The van der Waals surface area contributed by atoms with Crippen molar-refractivity contribution in [1.29, 1.82) is 0 Å². The molecular formula is C14H15BO3. The topological polar surface area (TPSA) is 38.7 Å². The predicted molar refractivity (Wildman–Crippen MR) is 71.5 cm³/mol. The minimum atomic E-state index is -1.31. The molecule has 0 heterocycles. The fourth-order valence-corrected chi connectivity index (χ4v) is 1.59. The molecule has 0 saturated heterocycles. The van der Waals surface area contributed by atoms with Crippen molar-refractivity contribution < 1.29 is 14.3 Å². The molecule has 0 aliphatic carbocycles. The van der Waals surface area contributed by atoms with Gasteiger partial charge in [0.15, 0.2) is 0 Å². The number of benzene rings is 2. The van der Waals surface area contributed by atoms with E-state index in [0.29, 0.717) is 11.5 Å². The van der Waals surface area contributed by atoms with Gasteiger partial charge in [0.05, 0.1) is 0 Å². The maximum Gasteiger partial charge on any atom is 0.785 e. The zero-order valence-electron chi connectivity index (χ0n) is 10.2. The molecule has 0 aromatic heterocycles. The van der Waals surface area contributed by atoms with Gasteiger partial charge in [-0.2, -0.15) is 0 Å². The van der Waals surface area contributed by atoms with Crippen molar-refractivity contribution in [2.45, 2.75) is 13.3 Å². The first-order valence-electron chi connectivity index (χ1n) is 5.93. The van der Waals surface area contributed by atoms with E-state index in [1.165, 1.54) is 0 Å². The summed E-state index contributed by atoms with van der Waals surface area (Å²) >= 11 is 0. The number of rotatable bonds is 5. The second kappa shape index (κ2) is 6.12. The summed E-state index contributed by atoms with van der Waals surface area (Å²) in [6, 6.07) is 16.6. The van der Waals surface area contributed by atoms with Gasteiger partial charge < -0.3 is 14.3 Å². The summed E-state index contributed by atoms with van der Waals surface area (Å²) in [6.45, 7) is 2.07. The molecule has 0 bridgehead atoms. The zero-order chi connectivity index (χ0) is 12.8. The van der Waals surface area contributed by atoms with Crippen LogP contribution in [0.3, 0.4) is 0 Å². The molecule has 18 heavy (non-hydrogen) atoms. The van der Waals surface area contributed by atoms with Gasteiger partial charge in [-0.3, -0.25) is 0 Å². The molecule has 0 fully saturated rings. The van der Waals surface area contributed by atoms with E-state index in [9.17, 15) is 5.02 Å². The van der Waals surface area contributed by atoms with Gasteiger partial charge in [-0.15, -0.1) is 0 Å². The molecule has 0 atom stereocenters. The van der Waals surface area contributed by atoms with Crippen LogP contribution in [-0.4, -0.2) is 12.3 Å². The van der Waals surface area contributed by atoms with E-state index < -0.39 is 7.32 Å². The van der Waals surface area contributed by atoms with Crippen LogP contribution in [0.15, 0.2) is 54.6 Å². The highest BCUT2D eigenvalue weighted by Gasteiger charge is 2.20. The summed E-state index contributed by atoms with van der Waals surface area (Å²) in [5.41, 5.74) is 1.15. The second-order valence-electron chi connectivity index (χ2n) is 3.86. The first-order chi connectivity index (χ1) is 8.78. The summed E-state index contributed by atoms with van der Waals surface area (Å²) in [7, 11) is -1.31. The first kappa shape index (κ1) is 12.5. The molecule has 0 amide bonds. The van der Waals surface area contributed by atoms with Crippen molar-refractivity contribution >= 4 is 7.32 Å². The van der Waals surface area contributed by atoms with Crippen LogP contribution in [0, 0.1) is 0 Å². The monoisotopic (exact) mass is 242 g/mol. The van der Waals surface area contributed by atoms with E-state index in [1.807, 2.05) is 36.4 Å². The molecule has 2 aromatic carbocycles. The van der Waals surface area contributed by atoms with Crippen LogP contribution in [0.2, 0.25) is 0 Å². The van der Waals surface area contributed by atoms with Crippen LogP contribution in [0.5, 0.6) is 11.5 Å². The highest BCUT2D eigenvalue weighted by Crippen LogP contribution is 2.15. The van der Waals surface area contributed by atoms with Crippen molar-refractivity contribution in [2.24, 2.45) is 0 Å². The quantitative estimate of drug-likeness (QED) is 0.819. The Labute approximate surface area is 107 Å². The average Bonchev–Trinajstić information content (AvgIpc) is 2.40. The molecule has 0 aliphatic heterocycles. The molecule has 4 heteroatoms. The Morgan fingerprint density at radius 3 is 2.33 bits per heavy atom. The molecule has 2 aromatic rings. The minimum absolute atomic E-state index is 0.566. The van der Waals surface area contributed by atoms with Gasteiger partial charge in [0.25, 0.3) is 0 Å². The molecule has 92 valence electrons. The molecule has 1 N–H and O–H groups in total. The van der Waals surface area contributed by atoms with Crippen molar-refractivity contribution in [3.63, 3.8) is 0 Å². The van der Waals surface area contributed by atoms with Crippen LogP contribution in [0.4, 0.5) is 0 Å². The van der Waals surface area contributed by atoms with Crippen LogP contribution in [0.1, 0.15) is 12.5 Å². The third-order valence-electron chi connectivity index (χ3n) is 2.52. The summed E-state index contributed by atoms with van der Waals surface area (Å²) in [4.78, 5) is 0. The minimum Gasteiger partial charge on any atom is -0.501 e. The normalized spacial score (nSPS) is 9.89. The van der Waals surface area contributed by atoms with E-state index in [1.54, 1.807) is 18.2 Å². The van der Waals surface area contributed by atoms with Gasteiger partial charge in [0, 0.05) is 0 Å². The summed E-state index contributed by atoms with van der Waals surface area (Å²) in [6.07, 6.45) is 0.923. The first-order valence-corrected chi connectivity index (χ1v) is 5.93. The Bertz CT molecular complexity index is 487. The Hall–Kier alpha value is -1.94. The van der Waals surface area contributed by atoms with Gasteiger partial charge in [0.2, 0.25) is 0 Å². The molecule has 0 radical (unpaired) electrons. The molecule has 0 unspecified atom stereocenters. The van der Waals surface area contributed by atoms with Gasteiger partial charge in [-0.25, -0.2) is 0 Å². The third kappa shape index (κ3) is 3.53. The SMILES string of the molecule is CCc1cccc(OB(O)Oc2ccccc2)c1. The highest BCUT2D eigenvalue weighted by atomic mass is 16.7. The van der Waals surface area contributed by atoms with Crippen molar-refractivity contribution in [3.8, 4) is 11.5 Å². The van der Waals surface area contributed by atoms with Crippen molar-refractivity contribution in [2.75, 3.05) is 0 Å². The van der Waals surface area contributed by atoms with E-state index in [0.717, 1.165) is 12.0 Å². The maximum absolute atomic E-state index is 9.68. The van der Waals surface area contributed by atoms with Crippen LogP contribution < -0.4 is 9.31 Å². The number of para-hydroxylation sites is 1. The molecule has 0 spiro atoms. The standard InChI is InChI=1S/C14H15BO3/c1-2-12-7-6-10-14(11-12)18-15(16)17-13-8-4-3-5-9-13/h3-11,16H,2H2,1H3. The van der Waals surface area contributed by atoms with Gasteiger partial charge in [-0.05, 0) is 36.2 Å². The lowest BCUT2D eigenvalue weighted by atomic mass is 10.1. The van der Waals surface area contributed by atoms with E-state index >= 15 is 0 Å². The Balaban J connectivity index is 1.96. The average molecular weight is 242 g/mol. The largest absolute Gasteiger partial charge is 0.785 e. The maximum atomic E-state index is 9.68. The lowest BCUT2D eigenvalue weighted by Crippen LogP contribution is -2.29. The van der Waals surface area contributed by atoms with Crippen molar-refractivity contribution in [3.05, 3.63) is 60.2 Å². The molecular weight excluding hydrogens is 227 g/mol. The van der Waals surface area contributed by atoms with Crippen LogP contribution in [0.25, 0.3) is 0 Å². The number of hydrogen-bond donors (Lipinski definition) is 1. The lowest BCUT2D eigenvalue weighted by Gasteiger charge is -2.11. The highest BCUT2D eigenvalue weighted by molar-refractivity contribution is 6.36. The smallest absolute Gasteiger partial charge is 0.501 e. The second-order valence-corrected chi connectivity index (χ2v) is 3.86. The van der Waals surface area contributed by atoms with E-state index in [-0.39, 0.29) is 0 Å². The number of hydrogen-bond acceptors (Lipinski definition) is 3. The lowest BCUT2D eigenvalue weighted by molar-refractivity contribution is 0.298. The summed E-state index contributed by atoms with van der Waals surface area (Å²) < 4.78 is 10.5. The fourth-order valence-electron chi connectivity index (χ4n) is 1.59. The summed E-state index contributed by atoms with van der Waals surface area (Å²) in [5.74, 6) is 1.16. The van der Waals surface area contributed by atoms with E-state index in [2.05, 4.69) is 6.92 Å².